The van der Waals surface area contributed by atoms with E-state index in [-0.39, 0.29) is 23.0 Å². The summed E-state index contributed by atoms with van der Waals surface area (Å²) in [5.41, 5.74) is 0. The summed E-state index contributed by atoms with van der Waals surface area (Å²) in [7, 11) is -3.33. The highest BCUT2D eigenvalue weighted by molar-refractivity contribution is 7.91. The molecular weight excluding hydrogens is 226 g/mol. The third-order valence-electron chi connectivity index (χ3n) is 2.07. The van der Waals surface area contributed by atoms with Gasteiger partial charge in [-0.25, -0.2) is 8.42 Å². The molecule has 4 nitrogen and oxygen atoms in total. The van der Waals surface area contributed by atoms with E-state index >= 15 is 0 Å². The van der Waals surface area contributed by atoms with Crippen LogP contribution in [0.5, 0.6) is 0 Å². The first-order valence-electron chi connectivity index (χ1n) is 5.11. The van der Waals surface area contributed by atoms with E-state index in [2.05, 4.69) is 5.32 Å². The van der Waals surface area contributed by atoms with Crippen LogP contribution in [0.15, 0.2) is 35.2 Å². The minimum atomic E-state index is -3.33. The van der Waals surface area contributed by atoms with Gasteiger partial charge in [0.2, 0.25) is 5.91 Å². The van der Waals surface area contributed by atoms with E-state index in [0.29, 0.717) is 6.54 Å². The third kappa shape index (κ3) is 3.66. The van der Waals surface area contributed by atoms with Crippen molar-refractivity contribution in [3.63, 3.8) is 0 Å². The molecule has 0 saturated carbocycles. The summed E-state index contributed by atoms with van der Waals surface area (Å²) in [4.78, 5) is 11.4. The molecule has 0 bridgehead atoms. The van der Waals surface area contributed by atoms with E-state index < -0.39 is 9.84 Å². The molecule has 0 atom stereocenters. The van der Waals surface area contributed by atoms with Crippen LogP contribution in [-0.4, -0.2) is 26.6 Å². The van der Waals surface area contributed by atoms with Crippen LogP contribution in [-0.2, 0) is 14.6 Å². The fourth-order valence-electron chi connectivity index (χ4n) is 1.26. The second-order valence-corrected chi connectivity index (χ2v) is 5.44. The second kappa shape index (κ2) is 5.65. The van der Waals surface area contributed by atoms with Crippen molar-refractivity contribution in [1.29, 1.82) is 0 Å². The predicted octanol–water partition coefficient (Wildman–Crippen LogP) is 0.986. The van der Waals surface area contributed by atoms with Gasteiger partial charge in [0, 0.05) is 13.0 Å². The molecule has 16 heavy (non-hydrogen) atoms. The van der Waals surface area contributed by atoms with Gasteiger partial charge >= 0.3 is 0 Å². The highest BCUT2D eigenvalue weighted by atomic mass is 32.2. The van der Waals surface area contributed by atoms with Crippen molar-refractivity contribution < 1.29 is 13.2 Å². The number of benzene rings is 1. The predicted molar refractivity (Wildman–Crippen MR) is 61.8 cm³/mol. The van der Waals surface area contributed by atoms with Crippen molar-refractivity contribution in [3.8, 4) is 0 Å². The monoisotopic (exact) mass is 241 g/mol. The van der Waals surface area contributed by atoms with Crippen LogP contribution in [0.25, 0.3) is 0 Å². The number of carbonyl (C=O) groups is 1. The lowest BCUT2D eigenvalue weighted by Gasteiger charge is -2.04. The number of amides is 1. The topological polar surface area (TPSA) is 63.2 Å². The fourth-order valence-corrected chi connectivity index (χ4v) is 2.52. The zero-order valence-electron chi connectivity index (χ0n) is 9.14. The molecule has 1 rings (SSSR count). The molecule has 0 saturated heterocycles. The maximum Gasteiger partial charge on any atom is 0.221 e. The number of nitrogens with one attached hydrogen (secondary N) is 1. The van der Waals surface area contributed by atoms with Crippen LogP contribution in [0.3, 0.4) is 0 Å². The van der Waals surface area contributed by atoms with Crippen LogP contribution in [0, 0.1) is 0 Å². The number of sulfone groups is 1. The van der Waals surface area contributed by atoms with Gasteiger partial charge in [-0.3, -0.25) is 4.79 Å². The smallest absolute Gasteiger partial charge is 0.221 e. The van der Waals surface area contributed by atoms with Crippen molar-refractivity contribution >= 4 is 15.7 Å². The minimum absolute atomic E-state index is 0.00503. The fraction of sp³-hybridized carbons (Fsp3) is 0.364. The highest BCUT2D eigenvalue weighted by Crippen LogP contribution is 2.10. The molecule has 0 fully saturated rings. The average molecular weight is 241 g/mol. The molecule has 0 aromatic heterocycles. The van der Waals surface area contributed by atoms with Gasteiger partial charge < -0.3 is 5.32 Å². The molecule has 0 spiro atoms. The molecule has 0 aliphatic carbocycles. The molecule has 0 heterocycles. The first-order chi connectivity index (χ1) is 7.56. The SMILES string of the molecule is CCNC(=O)CCS(=O)(=O)c1ccccc1. The van der Waals surface area contributed by atoms with Gasteiger partial charge in [0.1, 0.15) is 0 Å². The van der Waals surface area contributed by atoms with Crippen LogP contribution in [0.4, 0.5) is 0 Å². The van der Waals surface area contributed by atoms with Gasteiger partial charge in [0.05, 0.1) is 10.6 Å². The maximum atomic E-state index is 11.8. The third-order valence-corrected chi connectivity index (χ3v) is 3.81. The normalized spacial score (nSPS) is 11.1. The van der Waals surface area contributed by atoms with Crippen molar-refractivity contribution in [2.45, 2.75) is 18.2 Å². The maximum absolute atomic E-state index is 11.8. The molecule has 0 aliphatic heterocycles. The first kappa shape index (κ1) is 12.7. The Hall–Kier alpha value is -1.36. The summed E-state index contributed by atoms with van der Waals surface area (Å²) in [6.07, 6.45) is 0.00503. The Bertz CT molecular complexity index is 440. The van der Waals surface area contributed by atoms with Crippen LogP contribution < -0.4 is 5.32 Å². The Morgan fingerprint density at radius 3 is 2.44 bits per heavy atom. The van der Waals surface area contributed by atoms with E-state index in [4.69, 9.17) is 0 Å². The molecule has 0 unspecified atom stereocenters. The summed E-state index contributed by atoms with van der Waals surface area (Å²) < 4.78 is 23.5. The summed E-state index contributed by atoms with van der Waals surface area (Å²) in [6, 6.07) is 8.15. The standard InChI is InChI=1S/C11H15NO3S/c1-2-12-11(13)8-9-16(14,15)10-6-4-3-5-7-10/h3-7H,2,8-9H2,1H3,(H,12,13). The summed E-state index contributed by atoms with van der Waals surface area (Å²) in [5.74, 6) is -0.384. The number of carbonyl (C=O) groups excluding carboxylic acids is 1. The molecule has 0 radical (unpaired) electrons. The van der Waals surface area contributed by atoms with Gasteiger partial charge in [-0.2, -0.15) is 0 Å². The Labute approximate surface area is 95.6 Å². The van der Waals surface area contributed by atoms with E-state index in [0.717, 1.165) is 0 Å². The molecule has 1 N–H and O–H groups in total. The Kier molecular flexibility index (Phi) is 4.49. The number of rotatable bonds is 5. The molecule has 0 aliphatic rings. The van der Waals surface area contributed by atoms with E-state index in [1.54, 1.807) is 25.1 Å². The quantitative estimate of drug-likeness (QED) is 0.836. The number of hydrogen-bond donors (Lipinski definition) is 1. The minimum Gasteiger partial charge on any atom is -0.356 e. The van der Waals surface area contributed by atoms with Crippen molar-refractivity contribution in [3.05, 3.63) is 30.3 Å². The van der Waals surface area contributed by atoms with Gasteiger partial charge in [-0.05, 0) is 19.1 Å². The van der Waals surface area contributed by atoms with Gasteiger partial charge in [0.15, 0.2) is 9.84 Å². The van der Waals surface area contributed by atoms with Gasteiger partial charge in [-0.1, -0.05) is 18.2 Å². The summed E-state index contributed by atoms with van der Waals surface area (Å²) >= 11 is 0. The van der Waals surface area contributed by atoms with Crippen LogP contribution >= 0.6 is 0 Å². The molecule has 1 aromatic rings. The van der Waals surface area contributed by atoms with Crippen LogP contribution in [0.2, 0.25) is 0 Å². The molecule has 1 aromatic carbocycles. The average Bonchev–Trinajstić information content (AvgIpc) is 2.28. The van der Waals surface area contributed by atoms with Crippen LogP contribution in [0.1, 0.15) is 13.3 Å². The largest absolute Gasteiger partial charge is 0.356 e. The molecule has 5 heteroatoms. The first-order valence-corrected chi connectivity index (χ1v) is 6.76. The number of hydrogen-bond acceptors (Lipinski definition) is 3. The zero-order valence-corrected chi connectivity index (χ0v) is 9.96. The molecule has 1 amide bonds. The Morgan fingerprint density at radius 2 is 1.88 bits per heavy atom. The lowest BCUT2D eigenvalue weighted by atomic mass is 10.4. The van der Waals surface area contributed by atoms with E-state index in [9.17, 15) is 13.2 Å². The second-order valence-electron chi connectivity index (χ2n) is 3.34. The summed E-state index contributed by atoms with van der Waals surface area (Å²) in [6.45, 7) is 2.31. The van der Waals surface area contributed by atoms with Crippen molar-refractivity contribution in [1.82, 2.24) is 5.32 Å². The van der Waals surface area contributed by atoms with Crippen molar-refractivity contribution in [2.24, 2.45) is 0 Å². The Balaban J connectivity index is 2.64. The Morgan fingerprint density at radius 1 is 1.25 bits per heavy atom. The van der Waals surface area contributed by atoms with Crippen molar-refractivity contribution in [2.75, 3.05) is 12.3 Å². The van der Waals surface area contributed by atoms with E-state index in [1.807, 2.05) is 0 Å². The summed E-state index contributed by atoms with van der Waals surface area (Å²) in [5, 5.41) is 2.57. The molecule has 88 valence electrons. The van der Waals surface area contributed by atoms with E-state index in [1.165, 1.54) is 12.1 Å². The van der Waals surface area contributed by atoms with Gasteiger partial charge in [-0.15, -0.1) is 0 Å². The lowest BCUT2D eigenvalue weighted by molar-refractivity contribution is -0.120. The molecular formula is C11H15NO3S. The van der Waals surface area contributed by atoms with Gasteiger partial charge in [0.25, 0.3) is 0 Å². The lowest BCUT2D eigenvalue weighted by Crippen LogP contribution is -2.25. The highest BCUT2D eigenvalue weighted by Gasteiger charge is 2.15. The zero-order chi connectivity index (χ0) is 12.0.